The van der Waals surface area contributed by atoms with E-state index in [1.165, 1.54) is 0 Å². The Morgan fingerprint density at radius 2 is 1.42 bits per heavy atom. The van der Waals surface area contributed by atoms with Gasteiger partial charge in [-0.25, -0.2) is 0 Å². The highest BCUT2D eigenvalue weighted by Gasteiger charge is 2.35. The predicted octanol–water partition coefficient (Wildman–Crippen LogP) is -0.635. The maximum Gasteiger partial charge on any atom is 0.244 e. The van der Waals surface area contributed by atoms with Gasteiger partial charge in [-0.1, -0.05) is 21.6 Å². The first-order valence-corrected chi connectivity index (χ1v) is 6.11. The lowest BCUT2D eigenvalue weighted by molar-refractivity contribution is -0.135. The molecule has 3 rings (SSSR count). The van der Waals surface area contributed by atoms with Crippen LogP contribution in [0.3, 0.4) is 0 Å². The van der Waals surface area contributed by atoms with Crippen molar-refractivity contribution in [3.05, 3.63) is 0 Å². The van der Waals surface area contributed by atoms with E-state index in [-0.39, 0.29) is 23.9 Å². The van der Waals surface area contributed by atoms with Gasteiger partial charge in [0.15, 0.2) is 0 Å². The van der Waals surface area contributed by atoms with E-state index in [1.807, 2.05) is 0 Å². The van der Waals surface area contributed by atoms with E-state index in [0.29, 0.717) is 11.5 Å². The zero-order chi connectivity index (χ0) is 8.55. The summed E-state index contributed by atoms with van der Waals surface area (Å²) < 4.78 is 0. The van der Waals surface area contributed by atoms with Gasteiger partial charge < -0.3 is 10.6 Å². The molecule has 0 aromatic carbocycles. The van der Waals surface area contributed by atoms with Gasteiger partial charge in [0, 0.05) is 11.5 Å². The van der Waals surface area contributed by atoms with E-state index < -0.39 is 0 Å². The van der Waals surface area contributed by atoms with Gasteiger partial charge in [-0.15, -0.1) is 0 Å². The summed E-state index contributed by atoms with van der Waals surface area (Å²) in [6.45, 7) is 0. The summed E-state index contributed by atoms with van der Waals surface area (Å²) >= 11 is 0. The molecule has 0 aromatic heterocycles. The molecule has 0 aromatic rings. The van der Waals surface area contributed by atoms with Crippen LogP contribution in [-0.4, -0.2) is 35.4 Å². The van der Waals surface area contributed by atoms with E-state index in [9.17, 15) is 9.59 Å². The van der Waals surface area contributed by atoms with Gasteiger partial charge >= 0.3 is 0 Å². The molecular weight excluding hydrogens is 196 g/mol. The van der Waals surface area contributed by atoms with E-state index >= 15 is 0 Å². The molecule has 2 N–H and O–H groups in total. The first kappa shape index (κ1) is 8.25. The van der Waals surface area contributed by atoms with Gasteiger partial charge in [-0.2, -0.15) is 0 Å². The normalized spacial score (nSPS) is 35.0. The third-order valence-corrected chi connectivity index (χ3v) is 4.24. The first-order chi connectivity index (χ1) is 5.77. The third-order valence-electron chi connectivity index (χ3n) is 1.82. The highest BCUT2D eigenvalue weighted by molar-refractivity contribution is 8.76. The number of carbonyl (C=O) groups excluding carboxylic acids is 2. The Morgan fingerprint density at radius 3 is 1.83 bits per heavy atom. The Hall–Kier alpha value is -0.360. The van der Waals surface area contributed by atoms with Gasteiger partial charge in [0.25, 0.3) is 0 Å². The highest BCUT2D eigenvalue weighted by atomic mass is 33.1. The first-order valence-electron chi connectivity index (χ1n) is 3.62. The van der Waals surface area contributed by atoms with Crippen LogP contribution in [0.2, 0.25) is 0 Å². The summed E-state index contributed by atoms with van der Waals surface area (Å²) in [6, 6.07) is -0.655. The maximum absolute atomic E-state index is 11.2. The summed E-state index contributed by atoms with van der Waals surface area (Å²) in [5.41, 5.74) is 0. The maximum atomic E-state index is 11.2. The number of hydrogen-bond acceptors (Lipinski definition) is 4. The molecule has 3 aliphatic rings. The van der Waals surface area contributed by atoms with Crippen molar-refractivity contribution in [2.24, 2.45) is 0 Å². The average molecular weight is 204 g/mol. The Morgan fingerprint density at radius 1 is 1.00 bits per heavy atom. The van der Waals surface area contributed by atoms with Crippen molar-refractivity contribution in [2.75, 3.05) is 11.5 Å². The van der Waals surface area contributed by atoms with E-state index in [1.54, 1.807) is 21.6 Å². The summed E-state index contributed by atoms with van der Waals surface area (Å²) in [5.74, 6) is 1.23. The molecule has 3 aliphatic heterocycles. The molecule has 6 heteroatoms. The molecule has 66 valence electrons. The van der Waals surface area contributed by atoms with Crippen molar-refractivity contribution in [3.8, 4) is 0 Å². The van der Waals surface area contributed by atoms with Crippen molar-refractivity contribution in [3.63, 3.8) is 0 Å². The average Bonchev–Trinajstić information content (AvgIpc) is 2.00. The van der Waals surface area contributed by atoms with Crippen LogP contribution >= 0.6 is 21.6 Å². The summed E-state index contributed by atoms with van der Waals surface area (Å²) in [7, 11) is 3.28. The molecule has 0 aliphatic carbocycles. The minimum absolute atomic E-state index is 0.0487. The molecule has 0 saturated carbocycles. The molecule has 2 amide bonds. The molecule has 3 saturated heterocycles. The standard InChI is InChI=1S/C6H8N2O2S2/c9-5-3-1-11-12-2-4(8-5)6(10)7-3/h3-4H,1-2H2,(H,7,10)(H,8,9)/t3-,4-/m0/s1. The second kappa shape index (κ2) is 3.18. The molecular formula is C6H8N2O2S2. The molecule has 2 bridgehead atoms. The zero-order valence-electron chi connectivity index (χ0n) is 6.20. The van der Waals surface area contributed by atoms with Crippen LogP contribution in [0, 0.1) is 0 Å². The van der Waals surface area contributed by atoms with Crippen LogP contribution in [0.5, 0.6) is 0 Å². The molecule has 0 radical (unpaired) electrons. The summed E-state index contributed by atoms with van der Waals surface area (Å²) in [5, 5.41) is 5.37. The lowest BCUT2D eigenvalue weighted by Crippen LogP contribution is -2.63. The monoisotopic (exact) mass is 204 g/mol. The SMILES string of the molecule is O=C1N[C@H]2CSSC[C@@H]1NC2=O. The Labute approximate surface area is 77.6 Å². The lowest BCUT2D eigenvalue weighted by Gasteiger charge is -2.31. The Kier molecular flexibility index (Phi) is 2.18. The van der Waals surface area contributed by atoms with Crippen LogP contribution in [0.1, 0.15) is 0 Å². The third kappa shape index (κ3) is 1.40. The second-order valence-electron chi connectivity index (χ2n) is 2.69. The van der Waals surface area contributed by atoms with Gasteiger partial charge in [-0.3, -0.25) is 9.59 Å². The number of fused-ring (bicyclic) bond motifs is 5. The second-order valence-corrected chi connectivity index (χ2v) is 5.24. The number of piperazine rings is 1. The van der Waals surface area contributed by atoms with Crippen LogP contribution in [0.4, 0.5) is 0 Å². The van der Waals surface area contributed by atoms with Crippen molar-refractivity contribution >= 4 is 33.4 Å². The van der Waals surface area contributed by atoms with Gasteiger partial charge in [0.1, 0.15) is 12.1 Å². The number of carbonyl (C=O) groups is 2. The van der Waals surface area contributed by atoms with Crippen molar-refractivity contribution < 1.29 is 9.59 Å². The quantitative estimate of drug-likeness (QED) is 0.516. The fraction of sp³-hybridized carbons (Fsp3) is 0.667. The largest absolute Gasteiger partial charge is 0.342 e. The highest BCUT2D eigenvalue weighted by Crippen LogP contribution is 2.26. The molecule has 3 heterocycles. The molecule has 4 nitrogen and oxygen atoms in total. The number of hydrogen-bond donors (Lipinski definition) is 2. The number of nitrogens with one attached hydrogen (secondary N) is 2. The molecule has 0 spiro atoms. The zero-order valence-corrected chi connectivity index (χ0v) is 7.83. The molecule has 0 unspecified atom stereocenters. The van der Waals surface area contributed by atoms with Crippen LogP contribution in [0.15, 0.2) is 0 Å². The molecule has 12 heavy (non-hydrogen) atoms. The van der Waals surface area contributed by atoms with E-state index in [4.69, 9.17) is 0 Å². The Bertz CT molecular complexity index is 210. The molecule has 3 fully saturated rings. The van der Waals surface area contributed by atoms with Crippen molar-refractivity contribution in [2.45, 2.75) is 12.1 Å². The van der Waals surface area contributed by atoms with Gasteiger partial charge in [-0.05, 0) is 0 Å². The van der Waals surface area contributed by atoms with E-state index in [0.717, 1.165) is 0 Å². The lowest BCUT2D eigenvalue weighted by atomic mass is 10.2. The Balaban J connectivity index is 2.17. The fourth-order valence-electron chi connectivity index (χ4n) is 1.14. The number of amides is 2. The number of rotatable bonds is 0. The minimum Gasteiger partial charge on any atom is -0.342 e. The van der Waals surface area contributed by atoms with Crippen LogP contribution < -0.4 is 10.6 Å². The summed E-state index contributed by atoms with van der Waals surface area (Å²) in [6.07, 6.45) is 0. The minimum atomic E-state index is -0.327. The van der Waals surface area contributed by atoms with Crippen molar-refractivity contribution in [1.29, 1.82) is 0 Å². The van der Waals surface area contributed by atoms with Crippen LogP contribution in [-0.2, 0) is 9.59 Å². The summed E-state index contributed by atoms with van der Waals surface area (Å²) in [4.78, 5) is 22.5. The molecule has 2 atom stereocenters. The van der Waals surface area contributed by atoms with Gasteiger partial charge in [0.2, 0.25) is 11.8 Å². The fourth-order valence-corrected chi connectivity index (χ4v) is 3.47. The van der Waals surface area contributed by atoms with E-state index in [2.05, 4.69) is 10.6 Å². The van der Waals surface area contributed by atoms with Crippen molar-refractivity contribution in [1.82, 2.24) is 10.6 Å². The van der Waals surface area contributed by atoms with Gasteiger partial charge in [0.05, 0.1) is 0 Å². The topological polar surface area (TPSA) is 58.2 Å². The smallest absolute Gasteiger partial charge is 0.244 e. The van der Waals surface area contributed by atoms with Crippen LogP contribution in [0.25, 0.3) is 0 Å². The predicted molar refractivity (Wildman–Crippen MR) is 48.8 cm³/mol.